The third-order valence-corrected chi connectivity index (χ3v) is 2.22. The molecule has 0 bridgehead atoms. The van der Waals surface area contributed by atoms with Crippen LogP contribution in [0.4, 0.5) is 11.4 Å². The van der Waals surface area contributed by atoms with Gasteiger partial charge in [0.1, 0.15) is 0 Å². The summed E-state index contributed by atoms with van der Waals surface area (Å²) in [5.74, 6) is 0. The molecule has 2 aromatic carbocycles. The van der Waals surface area contributed by atoms with Gasteiger partial charge in [0.25, 0.3) is 0 Å². The summed E-state index contributed by atoms with van der Waals surface area (Å²) >= 11 is 0. The molecule has 2 aromatic rings. The van der Waals surface area contributed by atoms with Crippen LogP contribution in [0, 0.1) is 0 Å². The van der Waals surface area contributed by atoms with E-state index in [0.29, 0.717) is 0 Å². The van der Waals surface area contributed by atoms with Gasteiger partial charge in [0.15, 0.2) is 0 Å². The minimum absolute atomic E-state index is 0. The molecular formula is C15H14N2Ni. The molecule has 0 aliphatic rings. The molecule has 0 amide bonds. The average molecular weight is 281 g/mol. The van der Waals surface area contributed by atoms with E-state index >= 15 is 0 Å². The Kier molecular flexibility index (Phi) is 6.03. The van der Waals surface area contributed by atoms with Crippen LogP contribution in [0.2, 0.25) is 0 Å². The van der Waals surface area contributed by atoms with Gasteiger partial charge in [-0.2, -0.15) is 0 Å². The minimum Gasteiger partial charge on any atom is -0.255 e. The molecule has 0 aromatic heterocycles. The molecule has 0 aliphatic carbocycles. The zero-order valence-electron chi connectivity index (χ0n) is 10.1. The maximum atomic E-state index is 4.44. The fourth-order valence-electron chi connectivity index (χ4n) is 1.42. The first-order chi connectivity index (χ1) is 8.34. The Morgan fingerprint density at radius 1 is 0.833 bits per heavy atom. The third-order valence-electron chi connectivity index (χ3n) is 2.22. The van der Waals surface area contributed by atoms with Gasteiger partial charge in [-0.3, -0.25) is 9.98 Å². The van der Waals surface area contributed by atoms with Crippen LogP contribution in [0.15, 0.2) is 70.6 Å². The maximum absolute atomic E-state index is 4.44. The molecule has 3 heteroatoms. The number of rotatable bonds is 3. The monoisotopic (exact) mass is 280 g/mol. The van der Waals surface area contributed by atoms with Crippen LogP contribution in [0.3, 0.4) is 0 Å². The smallest absolute Gasteiger partial charge is 0.0633 e. The number of nitrogens with zero attached hydrogens (tertiary/aromatic N) is 2. The maximum Gasteiger partial charge on any atom is 0.0633 e. The van der Waals surface area contributed by atoms with Crippen LogP contribution >= 0.6 is 0 Å². The van der Waals surface area contributed by atoms with Crippen LogP contribution in [0.25, 0.3) is 0 Å². The summed E-state index contributed by atoms with van der Waals surface area (Å²) in [6.07, 6.45) is 1.78. The summed E-state index contributed by atoms with van der Waals surface area (Å²) in [7, 11) is 0. The van der Waals surface area contributed by atoms with Crippen molar-refractivity contribution < 1.29 is 16.5 Å². The molecule has 0 fully saturated rings. The van der Waals surface area contributed by atoms with Crippen molar-refractivity contribution in [1.29, 1.82) is 0 Å². The zero-order chi connectivity index (χ0) is 11.9. The SMILES string of the molecule is CC(C=Nc1ccccc1)=Nc1ccccc1.[Ni]. The summed E-state index contributed by atoms with van der Waals surface area (Å²) in [6, 6.07) is 19.7. The van der Waals surface area contributed by atoms with E-state index in [9.17, 15) is 0 Å². The number of aliphatic imine (C=N–C) groups is 2. The molecule has 0 saturated carbocycles. The molecule has 0 spiro atoms. The van der Waals surface area contributed by atoms with E-state index in [4.69, 9.17) is 0 Å². The first-order valence-corrected chi connectivity index (χ1v) is 5.54. The van der Waals surface area contributed by atoms with Crippen LogP contribution in [-0.4, -0.2) is 11.9 Å². The predicted molar refractivity (Wildman–Crippen MR) is 73.8 cm³/mol. The topological polar surface area (TPSA) is 24.7 Å². The van der Waals surface area contributed by atoms with Crippen LogP contribution in [-0.2, 0) is 16.5 Å². The van der Waals surface area contributed by atoms with E-state index in [1.807, 2.05) is 67.6 Å². The van der Waals surface area contributed by atoms with Gasteiger partial charge in [-0.1, -0.05) is 36.4 Å². The molecule has 0 atom stereocenters. The Hall–Kier alpha value is -1.73. The number of para-hydroxylation sites is 2. The standard InChI is InChI=1S/C15H14N2.Ni/c1-13(17-15-10-6-3-7-11-15)12-16-14-8-4-2-5-9-14;/h2-12H,1H3;. The molecule has 0 unspecified atom stereocenters. The van der Waals surface area contributed by atoms with E-state index in [1.54, 1.807) is 6.21 Å². The van der Waals surface area contributed by atoms with Gasteiger partial charge in [0, 0.05) is 22.7 Å². The van der Waals surface area contributed by atoms with Gasteiger partial charge < -0.3 is 0 Å². The van der Waals surface area contributed by atoms with Crippen LogP contribution in [0.5, 0.6) is 0 Å². The van der Waals surface area contributed by atoms with Crippen molar-refractivity contribution in [3.8, 4) is 0 Å². The first kappa shape index (κ1) is 14.3. The molecule has 2 nitrogen and oxygen atoms in total. The average Bonchev–Trinajstić information content (AvgIpc) is 2.39. The van der Waals surface area contributed by atoms with Crippen molar-refractivity contribution in [2.75, 3.05) is 0 Å². The zero-order valence-corrected chi connectivity index (χ0v) is 11.0. The summed E-state index contributed by atoms with van der Waals surface area (Å²) in [6.45, 7) is 1.94. The predicted octanol–water partition coefficient (Wildman–Crippen LogP) is 4.18. The van der Waals surface area contributed by atoms with E-state index < -0.39 is 0 Å². The van der Waals surface area contributed by atoms with E-state index in [0.717, 1.165) is 17.1 Å². The van der Waals surface area contributed by atoms with Gasteiger partial charge in [-0.25, -0.2) is 0 Å². The van der Waals surface area contributed by atoms with Crippen LogP contribution in [0.1, 0.15) is 6.92 Å². The summed E-state index contributed by atoms with van der Waals surface area (Å²) in [5, 5.41) is 0. The Morgan fingerprint density at radius 2 is 1.33 bits per heavy atom. The van der Waals surface area contributed by atoms with Crippen molar-refractivity contribution in [2.45, 2.75) is 6.92 Å². The fourth-order valence-corrected chi connectivity index (χ4v) is 1.42. The van der Waals surface area contributed by atoms with Crippen molar-refractivity contribution in [1.82, 2.24) is 0 Å². The number of hydrogen-bond donors (Lipinski definition) is 0. The van der Waals surface area contributed by atoms with Crippen molar-refractivity contribution >= 4 is 23.3 Å². The van der Waals surface area contributed by atoms with E-state index in [2.05, 4.69) is 9.98 Å². The first-order valence-electron chi connectivity index (χ1n) is 5.54. The van der Waals surface area contributed by atoms with Gasteiger partial charge in [-0.05, 0) is 31.2 Å². The molecule has 0 N–H and O–H groups in total. The number of benzene rings is 2. The quantitative estimate of drug-likeness (QED) is 0.595. The normalized spacial score (nSPS) is 11.3. The van der Waals surface area contributed by atoms with Crippen LogP contribution < -0.4 is 0 Å². The van der Waals surface area contributed by atoms with Crippen molar-refractivity contribution in [2.24, 2.45) is 9.98 Å². The molecule has 0 saturated heterocycles. The minimum atomic E-state index is 0. The van der Waals surface area contributed by atoms with E-state index in [-0.39, 0.29) is 16.5 Å². The number of hydrogen-bond acceptors (Lipinski definition) is 2. The Morgan fingerprint density at radius 3 is 1.89 bits per heavy atom. The Balaban J connectivity index is 0.00000162. The van der Waals surface area contributed by atoms with Crippen molar-refractivity contribution in [3.05, 3.63) is 60.7 Å². The van der Waals surface area contributed by atoms with E-state index in [1.165, 1.54) is 0 Å². The van der Waals surface area contributed by atoms with Gasteiger partial charge in [-0.15, -0.1) is 0 Å². The molecule has 0 radical (unpaired) electrons. The van der Waals surface area contributed by atoms with Gasteiger partial charge >= 0.3 is 0 Å². The molecule has 2 rings (SSSR count). The molecular weight excluding hydrogens is 267 g/mol. The molecule has 0 aliphatic heterocycles. The molecule has 0 heterocycles. The third kappa shape index (κ3) is 4.64. The summed E-state index contributed by atoms with van der Waals surface area (Å²) < 4.78 is 0. The second-order valence-corrected chi connectivity index (χ2v) is 3.68. The second kappa shape index (κ2) is 7.57. The van der Waals surface area contributed by atoms with Crippen molar-refractivity contribution in [3.63, 3.8) is 0 Å². The Labute approximate surface area is 117 Å². The largest absolute Gasteiger partial charge is 0.255 e. The molecule has 18 heavy (non-hydrogen) atoms. The summed E-state index contributed by atoms with van der Waals surface area (Å²) in [4.78, 5) is 8.79. The second-order valence-electron chi connectivity index (χ2n) is 3.68. The summed E-state index contributed by atoms with van der Waals surface area (Å²) in [5.41, 5.74) is 2.78. The Bertz CT molecular complexity index is 519. The van der Waals surface area contributed by atoms with Gasteiger partial charge in [0.05, 0.1) is 17.1 Å². The van der Waals surface area contributed by atoms with Gasteiger partial charge in [0.2, 0.25) is 0 Å². The fraction of sp³-hybridized carbons (Fsp3) is 0.0667. The molecule has 94 valence electrons.